The largest absolute Gasteiger partial charge is 0.479 e. The molecule has 2 aromatic rings. The fraction of sp³-hybridized carbons (Fsp3) is 0.423. The van der Waals surface area contributed by atoms with Gasteiger partial charge in [0.25, 0.3) is 0 Å². The number of amides is 2. The van der Waals surface area contributed by atoms with Crippen molar-refractivity contribution in [3.8, 4) is 11.1 Å². The van der Waals surface area contributed by atoms with Gasteiger partial charge in [-0.2, -0.15) is 0 Å². The van der Waals surface area contributed by atoms with E-state index >= 15 is 0 Å². The number of likely N-dealkylation sites (tertiary alicyclic amines) is 1. The van der Waals surface area contributed by atoms with E-state index in [0.29, 0.717) is 19.3 Å². The third kappa shape index (κ3) is 4.03. The maximum atomic E-state index is 12.8. The van der Waals surface area contributed by atoms with Crippen LogP contribution in [-0.4, -0.2) is 64.4 Å². The third-order valence-electron chi connectivity index (χ3n) is 7.41. The first-order chi connectivity index (χ1) is 16.4. The van der Waals surface area contributed by atoms with E-state index < -0.39 is 17.7 Å². The van der Waals surface area contributed by atoms with Crippen LogP contribution in [0.2, 0.25) is 0 Å². The smallest absolute Gasteiger partial charge is 0.407 e. The van der Waals surface area contributed by atoms with Gasteiger partial charge in [-0.3, -0.25) is 4.79 Å². The van der Waals surface area contributed by atoms with Gasteiger partial charge in [-0.25, -0.2) is 9.59 Å². The van der Waals surface area contributed by atoms with Crippen molar-refractivity contribution in [3.63, 3.8) is 0 Å². The highest BCUT2D eigenvalue weighted by Gasteiger charge is 2.46. The second-order valence-corrected chi connectivity index (χ2v) is 9.52. The summed E-state index contributed by atoms with van der Waals surface area (Å²) >= 11 is 0. The topological polar surface area (TPSA) is 116 Å². The van der Waals surface area contributed by atoms with Gasteiger partial charge in [-0.1, -0.05) is 48.5 Å². The molecule has 0 radical (unpaired) electrons. The number of benzene rings is 2. The van der Waals surface area contributed by atoms with Crippen molar-refractivity contribution in [1.29, 1.82) is 0 Å². The molecular weight excluding hydrogens is 436 g/mol. The van der Waals surface area contributed by atoms with E-state index in [1.165, 1.54) is 16.0 Å². The van der Waals surface area contributed by atoms with Crippen LogP contribution in [-0.2, 0) is 14.3 Å². The molecule has 2 amide bonds. The number of hydrogen-bond acceptors (Lipinski definition) is 5. The van der Waals surface area contributed by atoms with E-state index in [1.807, 2.05) is 24.3 Å². The van der Waals surface area contributed by atoms with Crippen molar-refractivity contribution in [2.75, 3.05) is 19.7 Å². The van der Waals surface area contributed by atoms with Crippen LogP contribution in [0.5, 0.6) is 0 Å². The van der Waals surface area contributed by atoms with Gasteiger partial charge in [0.1, 0.15) is 6.61 Å². The Balaban J connectivity index is 1.14. The Kier molecular flexibility index (Phi) is 5.77. The number of nitrogens with zero attached hydrogens (tertiary/aromatic N) is 1. The maximum absolute atomic E-state index is 12.8. The van der Waals surface area contributed by atoms with E-state index in [9.17, 15) is 19.5 Å². The molecule has 8 nitrogen and oxygen atoms in total. The number of fused-ring (bicyclic) bond motifs is 3. The molecule has 2 aromatic carbocycles. The van der Waals surface area contributed by atoms with Gasteiger partial charge in [0.05, 0.1) is 6.54 Å². The number of carbonyl (C=O) groups is 3. The molecule has 3 atom stereocenters. The Hall–Kier alpha value is -3.39. The SMILES string of the molecule is O=C(N[C@@H]1CC[C@H](C(=O)N2CCC(O)(C(=O)O)C2)C1)OCC1c2ccccc2-c2ccccc21. The molecule has 1 saturated heterocycles. The summed E-state index contributed by atoms with van der Waals surface area (Å²) in [6, 6.07) is 16.1. The van der Waals surface area contributed by atoms with Crippen LogP contribution in [0.15, 0.2) is 48.5 Å². The first kappa shape index (κ1) is 22.4. The molecular formula is C26H28N2O6. The summed E-state index contributed by atoms with van der Waals surface area (Å²) in [4.78, 5) is 38.0. The van der Waals surface area contributed by atoms with Crippen LogP contribution < -0.4 is 5.32 Å². The predicted octanol–water partition coefficient (Wildman–Crippen LogP) is 2.74. The third-order valence-corrected chi connectivity index (χ3v) is 7.41. The van der Waals surface area contributed by atoms with Gasteiger partial charge in [0.15, 0.2) is 5.60 Å². The van der Waals surface area contributed by atoms with Gasteiger partial charge in [0.2, 0.25) is 5.91 Å². The second-order valence-electron chi connectivity index (χ2n) is 9.52. The van der Waals surface area contributed by atoms with Crippen LogP contribution in [0.1, 0.15) is 42.7 Å². The second kappa shape index (κ2) is 8.76. The number of carbonyl (C=O) groups excluding carboxylic acids is 2. The highest BCUT2D eigenvalue weighted by atomic mass is 16.5. The summed E-state index contributed by atoms with van der Waals surface area (Å²) < 4.78 is 5.61. The Morgan fingerprint density at radius 3 is 2.29 bits per heavy atom. The summed E-state index contributed by atoms with van der Waals surface area (Å²) in [5.41, 5.74) is 2.76. The zero-order valence-corrected chi connectivity index (χ0v) is 18.8. The molecule has 178 valence electrons. The van der Waals surface area contributed by atoms with Gasteiger partial charge >= 0.3 is 12.1 Å². The highest BCUT2D eigenvalue weighted by molar-refractivity contribution is 5.84. The Bertz CT molecular complexity index is 1090. The van der Waals surface area contributed by atoms with Gasteiger partial charge in [-0.05, 0) is 41.5 Å². The lowest BCUT2D eigenvalue weighted by Gasteiger charge is -2.22. The van der Waals surface area contributed by atoms with Crippen molar-refractivity contribution in [1.82, 2.24) is 10.2 Å². The van der Waals surface area contributed by atoms with Crippen LogP contribution >= 0.6 is 0 Å². The minimum Gasteiger partial charge on any atom is -0.479 e. The van der Waals surface area contributed by atoms with Gasteiger partial charge in [-0.15, -0.1) is 0 Å². The summed E-state index contributed by atoms with van der Waals surface area (Å²) in [6.45, 7) is 0.265. The van der Waals surface area contributed by atoms with E-state index in [0.717, 1.165) is 11.1 Å². The first-order valence-electron chi connectivity index (χ1n) is 11.7. The Morgan fingerprint density at radius 1 is 1.03 bits per heavy atom. The monoisotopic (exact) mass is 464 g/mol. The molecule has 0 bridgehead atoms. The summed E-state index contributed by atoms with van der Waals surface area (Å²) in [7, 11) is 0. The predicted molar refractivity (Wildman–Crippen MR) is 123 cm³/mol. The fourth-order valence-electron chi connectivity index (χ4n) is 5.56. The van der Waals surface area contributed by atoms with Crippen molar-refractivity contribution >= 4 is 18.0 Å². The molecule has 3 N–H and O–H groups in total. The van der Waals surface area contributed by atoms with Crippen LogP contribution in [0.4, 0.5) is 4.79 Å². The molecule has 1 aliphatic heterocycles. The van der Waals surface area contributed by atoms with Gasteiger partial charge < -0.3 is 25.2 Å². The van der Waals surface area contributed by atoms with Crippen LogP contribution in [0.25, 0.3) is 11.1 Å². The maximum Gasteiger partial charge on any atom is 0.407 e. The summed E-state index contributed by atoms with van der Waals surface area (Å²) in [6.07, 6.45) is 1.27. The number of hydrogen-bond donors (Lipinski definition) is 3. The van der Waals surface area contributed by atoms with Crippen molar-refractivity contribution in [2.24, 2.45) is 5.92 Å². The minimum atomic E-state index is -1.87. The van der Waals surface area contributed by atoms with E-state index in [4.69, 9.17) is 9.84 Å². The average Bonchev–Trinajstić information content (AvgIpc) is 3.54. The first-order valence-corrected chi connectivity index (χ1v) is 11.7. The molecule has 0 aromatic heterocycles. The number of alkyl carbamates (subject to hydrolysis) is 1. The Labute approximate surface area is 197 Å². The zero-order valence-electron chi connectivity index (χ0n) is 18.8. The standard InChI is InChI=1S/C26H28N2O6/c29-23(28-12-11-26(33,15-28)24(30)31)16-9-10-17(13-16)27-25(32)34-14-22-20-7-3-1-5-18(20)19-6-2-4-8-21(19)22/h1-8,16-17,22,33H,9-15H2,(H,27,32)(H,30,31)/t16-,17+,26?/m0/s1. The number of nitrogens with one attached hydrogen (secondary N) is 1. The molecule has 8 heteroatoms. The number of rotatable bonds is 5. The van der Waals surface area contributed by atoms with Gasteiger partial charge in [0, 0.05) is 30.8 Å². The van der Waals surface area contributed by atoms with E-state index in [1.54, 1.807) is 0 Å². The molecule has 3 aliphatic rings. The molecule has 0 spiro atoms. The van der Waals surface area contributed by atoms with Crippen molar-refractivity contribution < 1.29 is 29.3 Å². The number of aliphatic carboxylic acids is 1. The number of ether oxygens (including phenoxy) is 1. The molecule has 1 heterocycles. The number of β-amino-alcohol motifs (C(OH)–C–C–N with tert-alkyl or cyclic N) is 1. The van der Waals surface area contributed by atoms with Crippen molar-refractivity contribution in [2.45, 2.75) is 43.2 Å². The molecule has 2 aliphatic carbocycles. The molecule has 34 heavy (non-hydrogen) atoms. The number of carboxylic acids is 1. The number of aliphatic hydroxyl groups is 1. The quantitative estimate of drug-likeness (QED) is 0.627. The molecule has 1 saturated carbocycles. The summed E-state index contributed by atoms with van der Waals surface area (Å²) in [5, 5.41) is 22.2. The van der Waals surface area contributed by atoms with E-state index in [2.05, 4.69) is 29.6 Å². The average molecular weight is 465 g/mol. The lowest BCUT2D eigenvalue weighted by atomic mass is 9.98. The summed E-state index contributed by atoms with van der Waals surface area (Å²) in [5.74, 6) is -1.77. The Morgan fingerprint density at radius 2 is 1.68 bits per heavy atom. The number of carboxylic acid groups (broad SMARTS) is 1. The lowest BCUT2D eigenvalue weighted by molar-refractivity contribution is -0.157. The lowest BCUT2D eigenvalue weighted by Crippen LogP contribution is -2.43. The highest BCUT2D eigenvalue weighted by Crippen LogP contribution is 2.44. The molecule has 5 rings (SSSR count). The van der Waals surface area contributed by atoms with Crippen molar-refractivity contribution in [3.05, 3.63) is 59.7 Å². The molecule has 2 fully saturated rings. The van der Waals surface area contributed by atoms with E-state index in [-0.39, 0.29) is 49.9 Å². The van der Waals surface area contributed by atoms with Crippen LogP contribution in [0.3, 0.4) is 0 Å². The minimum absolute atomic E-state index is 0.0146. The zero-order chi connectivity index (χ0) is 23.9. The van der Waals surface area contributed by atoms with Crippen LogP contribution in [0, 0.1) is 5.92 Å². The normalized spacial score (nSPS) is 25.6. The fourth-order valence-corrected chi connectivity index (χ4v) is 5.56. The molecule has 1 unspecified atom stereocenters.